The lowest BCUT2D eigenvalue weighted by Gasteiger charge is -2.21. The number of fused-ring (bicyclic) bond motifs is 6. The topological polar surface area (TPSA) is 48.5 Å². The number of allylic oxidation sites excluding steroid dienone is 8. The fourth-order valence-electron chi connectivity index (χ4n) is 9.97. The van der Waals surface area contributed by atoms with E-state index in [0.29, 0.717) is 17.5 Å². The Morgan fingerprint density at radius 3 is 1.59 bits per heavy atom. The average molecular weight is 872 g/mol. The van der Waals surface area contributed by atoms with Crippen LogP contribution in [0.15, 0.2) is 238 Å². The second-order valence-corrected chi connectivity index (χ2v) is 17.2. The molecule has 11 aromatic rings. The zero-order valence-corrected chi connectivity index (χ0v) is 37.4. The summed E-state index contributed by atoms with van der Waals surface area (Å²) < 4.78 is 4.84. The summed E-state index contributed by atoms with van der Waals surface area (Å²) in [7, 11) is 0. The third-order valence-corrected chi connectivity index (χ3v) is 13.1. The van der Waals surface area contributed by atoms with Crippen molar-refractivity contribution in [2.24, 2.45) is 0 Å². The maximum absolute atomic E-state index is 5.31. The summed E-state index contributed by atoms with van der Waals surface area (Å²) in [6, 6.07) is 66.7. The maximum atomic E-state index is 5.31. The molecule has 12 rings (SSSR count). The van der Waals surface area contributed by atoms with Gasteiger partial charge in [0.1, 0.15) is 0 Å². The molecule has 0 aliphatic heterocycles. The van der Waals surface area contributed by atoms with Gasteiger partial charge in [0, 0.05) is 55.0 Å². The molecule has 0 bridgehead atoms. The van der Waals surface area contributed by atoms with Crippen molar-refractivity contribution < 1.29 is 0 Å². The van der Waals surface area contributed by atoms with Crippen LogP contribution >= 0.6 is 0 Å². The van der Waals surface area contributed by atoms with Crippen molar-refractivity contribution in [3.8, 4) is 56.7 Å². The van der Waals surface area contributed by atoms with Gasteiger partial charge in [-0.05, 0) is 83.6 Å². The molecule has 5 heteroatoms. The third-order valence-electron chi connectivity index (χ3n) is 13.1. The van der Waals surface area contributed by atoms with Crippen molar-refractivity contribution in [2.45, 2.75) is 12.8 Å². The number of benzene rings is 8. The van der Waals surface area contributed by atoms with Crippen LogP contribution in [0.1, 0.15) is 24.0 Å². The average Bonchev–Trinajstić information content (AvgIpc) is 3.91. The molecule has 0 unspecified atom stereocenters. The van der Waals surface area contributed by atoms with Gasteiger partial charge in [-0.2, -0.15) is 0 Å². The first-order valence-corrected chi connectivity index (χ1v) is 23.2. The zero-order chi connectivity index (χ0) is 45.6. The van der Waals surface area contributed by atoms with Crippen molar-refractivity contribution in [1.82, 2.24) is 24.1 Å². The number of para-hydroxylation sites is 3. The van der Waals surface area contributed by atoms with Crippen molar-refractivity contribution in [3.63, 3.8) is 0 Å². The van der Waals surface area contributed by atoms with Crippen LogP contribution in [0.25, 0.3) is 111 Å². The monoisotopic (exact) mass is 871 g/mol. The number of hydrogen-bond donors (Lipinski definition) is 0. The quantitative estimate of drug-likeness (QED) is 0.129. The van der Waals surface area contributed by atoms with Gasteiger partial charge in [0.2, 0.25) is 0 Å². The van der Waals surface area contributed by atoms with Crippen molar-refractivity contribution in [2.75, 3.05) is 0 Å². The van der Waals surface area contributed by atoms with Crippen LogP contribution in [0.2, 0.25) is 0 Å². The van der Waals surface area contributed by atoms with Gasteiger partial charge in [-0.25, -0.2) is 15.0 Å². The second kappa shape index (κ2) is 17.1. The molecule has 0 saturated heterocycles. The molecular weight excluding hydrogens is 827 g/mol. The van der Waals surface area contributed by atoms with Gasteiger partial charge in [0.05, 0.1) is 27.8 Å². The van der Waals surface area contributed by atoms with E-state index in [0.717, 1.165) is 96.0 Å². The highest BCUT2D eigenvalue weighted by atomic mass is 15.0. The lowest BCUT2D eigenvalue weighted by Crippen LogP contribution is -2.05. The molecule has 0 spiro atoms. The minimum Gasteiger partial charge on any atom is -0.309 e. The van der Waals surface area contributed by atoms with Gasteiger partial charge < -0.3 is 9.13 Å². The van der Waals surface area contributed by atoms with Gasteiger partial charge in [-0.1, -0.05) is 189 Å². The summed E-state index contributed by atoms with van der Waals surface area (Å²) in [5.41, 5.74) is 15.7. The molecule has 1 aliphatic rings. The Kier molecular flexibility index (Phi) is 10.2. The highest BCUT2D eigenvalue weighted by Gasteiger charge is 2.25. The van der Waals surface area contributed by atoms with Crippen LogP contribution in [-0.4, -0.2) is 24.1 Å². The van der Waals surface area contributed by atoms with E-state index in [4.69, 9.17) is 15.0 Å². The van der Waals surface area contributed by atoms with E-state index in [1.165, 1.54) is 21.9 Å². The lowest BCUT2D eigenvalue weighted by molar-refractivity contribution is 1.04. The van der Waals surface area contributed by atoms with E-state index >= 15 is 0 Å². The molecule has 0 amide bonds. The van der Waals surface area contributed by atoms with E-state index in [2.05, 4.69) is 210 Å². The highest BCUT2D eigenvalue weighted by Crippen LogP contribution is 2.45. The first kappa shape index (κ1) is 40.6. The van der Waals surface area contributed by atoms with Crippen molar-refractivity contribution in [3.05, 3.63) is 249 Å². The predicted molar refractivity (Wildman–Crippen MR) is 285 cm³/mol. The molecule has 0 radical (unpaired) electrons. The van der Waals surface area contributed by atoms with E-state index in [9.17, 15) is 0 Å². The molecule has 0 saturated carbocycles. The number of aromatic nitrogens is 5. The van der Waals surface area contributed by atoms with E-state index in [-0.39, 0.29) is 0 Å². The summed E-state index contributed by atoms with van der Waals surface area (Å²) in [4.78, 5) is 15.7. The normalized spacial score (nSPS) is 12.8. The molecule has 3 aromatic heterocycles. The highest BCUT2D eigenvalue weighted by molar-refractivity contribution is 6.19. The van der Waals surface area contributed by atoms with Crippen LogP contribution in [0.4, 0.5) is 0 Å². The number of nitrogens with zero attached hydrogens (tertiary/aromatic N) is 5. The first-order valence-electron chi connectivity index (χ1n) is 23.2. The smallest absolute Gasteiger partial charge is 0.164 e. The Hall–Kier alpha value is -8.93. The Bertz CT molecular complexity index is 3850. The van der Waals surface area contributed by atoms with Crippen molar-refractivity contribution >= 4 is 54.8 Å². The maximum Gasteiger partial charge on any atom is 0.164 e. The predicted octanol–water partition coefficient (Wildman–Crippen LogP) is 16.2. The van der Waals surface area contributed by atoms with Crippen LogP contribution in [-0.2, 0) is 0 Å². The minimum atomic E-state index is 0.570. The van der Waals surface area contributed by atoms with Crippen LogP contribution in [0.3, 0.4) is 0 Å². The van der Waals surface area contributed by atoms with Crippen LogP contribution < -0.4 is 0 Å². The molecule has 3 heterocycles. The molecule has 5 nitrogen and oxygen atoms in total. The summed E-state index contributed by atoms with van der Waals surface area (Å²) in [5.74, 6) is 1.78. The molecule has 322 valence electrons. The second-order valence-electron chi connectivity index (χ2n) is 17.2. The number of hydrogen-bond acceptors (Lipinski definition) is 3. The van der Waals surface area contributed by atoms with Crippen LogP contribution in [0.5, 0.6) is 0 Å². The third kappa shape index (κ3) is 7.00. The molecule has 1 aliphatic carbocycles. The molecule has 0 atom stereocenters. The summed E-state index contributed by atoms with van der Waals surface area (Å²) in [5, 5.41) is 4.69. The van der Waals surface area contributed by atoms with Crippen LogP contribution in [0, 0.1) is 0 Å². The summed E-state index contributed by atoms with van der Waals surface area (Å²) in [6.45, 7) is 8.56. The Balaban J connectivity index is 1.15. The van der Waals surface area contributed by atoms with E-state index in [1.54, 1.807) is 0 Å². The fraction of sp³-hybridized carbons (Fsp3) is 0.0317. The van der Waals surface area contributed by atoms with Gasteiger partial charge in [-0.15, -0.1) is 0 Å². The Labute approximate surface area is 395 Å². The molecule has 68 heavy (non-hydrogen) atoms. The van der Waals surface area contributed by atoms with E-state index in [1.807, 2.05) is 36.4 Å². The molecule has 8 aromatic carbocycles. The van der Waals surface area contributed by atoms with Gasteiger partial charge in [0.15, 0.2) is 17.5 Å². The summed E-state index contributed by atoms with van der Waals surface area (Å²) >= 11 is 0. The Morgan fingerprint density at radius 1 is 0.456 bits per heavy atom. The standard InChI is InChI=1S/C63H45N5/c1-3-21-42(4-2)52-38-48(63-65-61(46-26-13-7-14-27-46)64-62(66-63)47-36-34-44(35-37-47)43-22-9-5-10-23-43)39-53(45-24-11-6-12-25-45)60(52)68-57-33-20-18-31-51(57)55-40-58-54(41-59(55)68)50-30-17-19-32-56(50)67(58)49-28-15-8-16-29-49/h3-4,6-9,11-41H,1-2,5,10H2/b42-21+. The fourth-order valence-corrected chi connectivity index (χ4v) is 9.97. The molecule has 0 fully saturated rings. The van der Waals surface area contributed by atoms with Gasteiger partial charge in [0.25, 0.3) is 0 Å². The minimum absolute atomic E-state index is 0.570. The number of rotatable bonds is 10. The Morgan fingerprint density at radius 2 is 0.985 bits per heavy atom. The van der Waals surface area contributed by atoms with Gasteiger partial charge in [-0.3, -0.25) is 0 Å². The van der Waals surface area contributed by atoms with Crippen molar-refractivity contribution in [1.29, 1.82) is 0 Å². The first-order chi connectivity index (χ1) is 33.6. The SMILES string of the molecule is C=C/C=C(\C=C)c1cc(-c2nc(-c3ccccc3)nc(-c3ccc(C4=CCCC=C4)cc3)n2)cc(-c2ccccc2)c1-n1c2ccccc2c2cc3c(cc21)c1ccccc1n3-c1ccccc1. The lowest BCUT2D eigenvalue weighted by atomic mass is 9.92. The summed E-state index contributed by atoms with van der Waals surface area (Å²) in [6.07, 6.45) is 14.7. The zero-order valence-electron chi connectivity index (χ0n) is 37.4. The largest absolute Gasteiger partial charge is 0.309 e. The molecular formula is C63H45N5. The molecule has 0 N–H and O–H groups in total. The van der Waals surface area contributed by atoms with E-state index < -0.39 is 0 Å². The van der Waals surface area contributed by atoms with Gasteiger partial charge >= 0.3 is 0 Å².